The van der Waals surface area contributed by atoms with Gasteiger partial charge < -0.3 is 9.47 Å². The Morgan fingerprint density at radius 2 is 1.68 bits per heavy atom. The van der Waals surface area contributed by atoms with Gasteiger partial charge >= 0.3 is 0 Å². The van der Waals surface area contributed by atoms with Gasteiger partial charge in [-0.1, -0.05) is 0 Å². The number of halogens is 1. The van der Waals surface area contributed by atoms with Crippen molar-refractivity contribution in [3.8, 4) is 11.5 Å². The van der Waals surface area contributed by atoms with Gasteiger partial charge in [0.05, 0.1) is 18.7 Å². The van der Waals surface area contributed by atoms with Crippen molar-refractivity contribution >= 4 is 26.0 Å². The standard InChI is InChI=1S/C10H10BrN3O4S/c1-17-8-4-10(9(18-2)3-7(8)11)19(15,16)14-5-12-13-6-14/h3-6H,1-2H3. The van der Waals surface area contributed by atoms with Crippen molar-refractivity contribution in [1.29, 1.82) is 0 Å². The summed E-state index contributed by atoms with van der Waals surface area (Å²) in [5.74, 6) is 0.578. The predicted molar refractivity (Wildman–Crippen MR) is 69.9 cm³/mol. The lowest BCUT2D eigenvalue weighted by Crippen LogP contribution is -2.12. The Balaban J connectivity index is 2.68. The van der Waals surface area contributed by atoms with Gasteiger partial charge in [0.2, 0.25) is 0 Å². The molecule has 9 heteroatoms. The van der Waals surface area contributed by atoms with Crippen LogP contribution in [0.25, 0.3) is 0 Å². The molecular formula is C10H10BrN3O4S. The molecule has 19 heavy (non-hydrogen) atoms. The average molecular weight is 348 g/mol. The van der Waals surface area contributed by atoms with Crippen LogP contribution in [0.2, 0.25) is 0 Å². The highest BCUT2D eigenvalue weighted by atomic mass is 79.9. The molecule has 0 fully saturated rings. The summed E-state index contributed by atoms with van der Waals surface area (Å²) in [5, 5.41) is 6.96. The van der Waals surface area contributed by atoms with Crippen LogP contribution in [-0.2, 0) is 10.0 Å². The van der Waals surface area contributed by atoms with Crippen molar-refractivity contribution in [2.75, 3.05) is 14.2 Å². The van der Waals surface area contributed by atoms with E-state index < -0.39 is 10.0 Å². The number of aromatic nitrogens is 3. The van der Waals surface area contributed by atoms with Gasteiger partial charge in [-0.3, -0.25) is 0 Å². The van der Waals surface area contributed by atoms with Crippen molar-refractivity contribution in [1.82, 2.24) is 14.2 Å². The summed E-state index contributed by atoms with van der Waals surface area (Å²) < 4.78 is 36.4. The van der Waals surface area contributed by atoms with E-state index in [-0.39, 0.29) is 10.6 Å². The van der Waals surface area contributed by atoms with E-state index in [1.54, 1.807) is 0 Å². The van der Waals surface area contributed by atoms with Crippen LogP contribution < -0.4 is 9.47 Å². The van der Waals surface area contributed by atoms with Gasteiger partial charge in [-0.2, -0.15) is 0 Å². The molecule has 1 heterocycles. The summed E-state index contributed by atoms with van der Waals surface area (Å²) in [6, 6.07) is 2.90. The van der Waals surface area contributed by atoms with Gasteiger partial charge in [-0.25, -0.2) is 12.4 Å². The highest BCUT2D eigenvalue weighted by molar-refractivity contribution is 9.10. The van der Waals surface area contributed by atoms with Gasteiger partial charge in [0.1, 0.15) is 29.0 Å². The molecule has 1 aromatic heterocycles. The topological polar surface area (TPSA) is 83.3 Å². The normalized spacial score (nSPS) is 11.3. The van der Waals surface area contributed by atoms with Crippen molar-refractivity contribution in [3.05, 3.63) is 29.3 Å². The molecular weight excluding hydrogens is 338 g/mol. The van der Waals surface area contributed by atoms with Crippen molar-refractivity contribution in [2.24, 2.45) is 0 Å². The summed E-state index contributed by atoms with van der Waals surface area (Å²) in [6.45, 7) is 0. The molecule has 0 N–H and O–H groups in total. The fraction of sp³-hybridized carbons (Fsp3) is 0.200. The first-order valence-electron chi connectivity index (χ1n) is 5.02. The lowest BCUT2D eigenvalue weighted by Gasteiger charge is -2.12. The number of rotatable bonds is 4. The van der Waals surface area contributed by atoms with E-state index in [4.69, 9.17) is 9.47 Å². The van der Waals surface area contributed by atoms with E-state index in [1.165, 1.54) is 26.4 Å². The van der Waals surface area contributed by atoms with E-state index in [0.29, 0.717) is 10.2 Å². The zero-order valence-electron chi connectivity index (χ0n) is 10.1. The average Bonchev–Trinajstić information content (AvgIpc) is 2.92. The van der Waals surface area contributed by atoms with Gasteiger partial charge in [0.25, 0.3) is 10.0 Å². The third-order valence-electron chi connectivity index (χ3n) is 2.39. The summed E-state index contributed by atoms with van der Waals surface area (Å²) in [5.41, 5.74) is 0. The number of benzene rings is 1. The molecule has 0 bridgehead atoms. The SMILES string of the molecule is COc1cc(S(=O)(=O)n2cnnc2)c(OC)cc1Br. The van der Waals surface area contributed by atoms with Gasteiger partial charge in [-0.05, 0) is 22.0 Å². The van der Waals surface area contributed by atoms with Crippen LogP contribution in [0, 0.1) is 0 Å². The Morgan fingerprint density at radius 3 is 2.21 bits per heavy atom. The largest absolute Gasteiger partial charge is 0.496 e. The summed E-state index contributed by atoms with van der Waals surface area (Å²) in [7, 11) is -0.987. The molecule has 0 unspecified atom stereocenters. The predicted octanol–water partition coefficient (Wildman–Crippen LogP) is 1.29. The second kappa shape index (κ2) is 5.17. The zero-order chi connectivity index (χ0) is 14.0. The van der Waals surface area contributed by atoms with Gasteiger partial charge in [-0.15, -0.1) is 10.2 Å². The Kier molecular flexibility index (Phi) is 3.76. The fourth-order valence-electron chi connectivity index (χ4n) is 1.46. The van der Waals surface area contributed by atoms with Crippen LogP contribution in [-0.4, -0.2) is 36.8 Å². The van der Waals surface area contributed by atoms with Crippen molar-refractivity contribution < 1.29 is 17.9 Å². The maximum atomic E-state index is 12.4. The Labute approximate surface area is 118 Å². The van der Waals surface area contributed by atoms with E-state index in [9.17, 15) is 8.42 Å². The Hall–Kier alpha value is -1.61. The number of methoxy groups -OCH3 is 2. The Morgan fingerprint density at radius 1 is 1.11 bits per heavy atom. The number of hydrogen-bond acceptors (Lipinski definition) is 6. The highest BCUT2D eigenvalue weighted by Crippen LogP contribution is 2.35. The molecule has 2 aromatic rings. The third kappa shape index (κ3) is 2.43. The van der Waals surface area contributed by atoms with Crippen LogP contribution in [0.15, 0.2) is 34.2 Å². The van der Waals surface area contributed by atoms with Crippen LogP contribution in [0.1, 0.15) is 0 Å². The number of ether oxygens (including phenoxy) is 2. The second-order valence-electron chi connectivity index (χ2n) is 3.43. The smallest absolute Gasteiger partial charge is 0.274 e. The minimum absolute atomic E-state index is 0.0325. The highest BCUT2D eigenvalue weighted by Gasteiger charge is 2.24. The summed E-state index contributed by atoms with van der Waals surface area (Å²) >= 11 is 3.27. The molecule has 0 amide bonds. The molecule has 0 saturated carbocycles. The van der Waals surface area contributed by atoms with Crippen LogP contribution >= 0.6 is 15.9 Å². The molecule has 102 valence electrons. The maximum absolute atomic E-state index is 12.4. The third-order valence-corrected chi connectivity index (χ3v) is 4.63. The van der Waals surface area contributed by atoms with Gasteiger partial charge in [0, 0.05) is 6.07 Å². The molecule has 2 rings (SSSR count). The lowest BCUT2D eigenvalue weighted by atomic mass is 10.3. The monoisotopic (exact) mass is 347 g/mol. The molecule has 0 aliphatic heterocycles. The van der Waals surface area contributed by atoms with Crippen molar-refractivity contribution in [2.45, 2.75) is 4.90 Å². The second-order valence-corrected chi connectivity index (χ2v) is 6.10. The molecule has 0 aliphatic carbocycles. The van der Waals surface area contributed by atoms with E-state index in [0.717, 1.165) is 16.6 Å². The van der Waals surface area contributed by atoms with E-state index >= 15 is 0 Å². The minimum atomic E-state index is -3.82. The quantitative estimate of drug-likeness (QED) is 0.828. The molecule has 1 aromatic carbocycles. The van der Waals surface area contributed by atoms with E-state index in [1.807, 2.05) is 0 Å². The maximum Gasteiger partial charge on any atom is 0.274 e. The van der Waals surface area contributed by atoms with Crippen LogP contribution in [0.5, 0.6) is 11.5 Å². The van der Waals surface area contributed by atoms with Crippen molar-refractivity contribution in [3.63, 3.8) is 0 Å². The molecule has 0 saturated heterocycles. The van der Waals surface area contributed by atoms with E-state index in [2.05, 4.69) is 26.1 Å². The molecule has 0 aliphatic rings. The fourth-order valence-corrected chi connectivity index (χ4v) is 3.16. The number of hydrogen-bond donors (Lipinski definition) is 0. The van der Waals surface area contributed by atoms with Gasteiger partial charge in [0.15, 0.2) is 0 Å². The van der Waals surface area contributed by atoms with Crippen LogP contribution in [0.4, 0.5) is 0 Å². The summed E-state index contributed by atoms with van der Waals surface area (Å²) in [6.07, 6.45) is 2.20. The molecule has 0 spiro atoms. The molecule has 0 radical (unpaired) electrons. The first-order chi connectivity index (χ1) is 9.00. The zero-order valence-corrected chi connectivity index (χ0v) is 12.5. The number of nitrogens with zero attached hydrogens (tertiary/aromatic N) is 3. The Bertz CT molecular complexity index is 685. The molecule has 7 nitrogen and oxygen atoms in total. The first-order valence-corrected chi connectivity index (χ1v) is 7.25. The minimum Gasteiger partial charge on any atom is -0.496 e. The lowest BCUT2D eigenvalue weighted by molar-refractivity contribution is 0.390. The summed E-state index contributed by atoms with van der Waals surface area (Å²) in [4.78, 5) is -0.0325. The van der Waals surface area contributed by atoms with Crippen LogP contribution in [0.3, 0.4) is 0 Å². The first kappa shape index (κ1) is 13.8. The molecule has 0 atom stereocenters.